The van der Waals surface area contributed by atoms with Crippen LogP contribution in [0.2, 0.25) is 5.15 Å². The highest BCUT2D eigenvalue weighted by molar-refractivity contribution is 7.98. The van der Waals surface area contributed by atoms with Crippen molar-refractivity contribution in [1.29, 1.82) is 0 Å². The van der Waals surface area contributed by atoms with Crippen molar-refractivity contribution in [2.75, 3.05) is 6.26 Å². The van der Waals surface area contributed by atoms with Gasteiger partial charge in [0.15, 0.2) is 0 Å². The Kier molecular flexibility index (Phi) is 4.93. The number of aryl methyl sites for hydroxylation is 1. The van der Waals surface area contributed by atoms with Crippen molar-refractivity contribution >= 4 is 45.3 Å². The standard InChI is InChI=1S/C24H19ClN4S/c1-15-19-14-17(29-23-6-4-3-5-22(23)27-28-29)9-12-21(19)26-24(25)20(15)13-16-7-10-18(30-2)11-8-16/h3-12,14H,13H2,1-2H3. The first-order valence-electron chi connectivity index (χ1n) is 9.66. The Labute approximate surface area is 183 Å². The van der Waals surface area contributed by atoms with Gasteiger partial charge in [-0.1, -0.05) is 41.1 Å². The Hall–Kier alpha value is -2.89. The van der Waals surface area contributed by atoms with E-state index in [-0.39, 0.29) is 0 Å². The minimum atomic E-state index is 0.563. The molecule has 4 nitrogen and oxygen atoms in total. The second-order valence-corrected chi connectivity index (χ2v) is 8.46. The lowest BCUT2D eigenvalue weighted by Gasteiger charge is -2.13. The fourth-order valence-corrected chi connectivity index (χ4v) is 4.46. The average molecular weight is 431 g/mol. The maximum Gasteiger partial charge on any atom is 0.133 e. The molecule has 0 atom stereocenters. The monoisotopic (exact) mass is 430 g/mol. The van der Waals surface area contributed by atoms with Crippen molar-refractivity contribution in [3.8, 4) is 5.69 Å². The molecule has 5 aromatic rings. The molecule has 0 fully saturated rings. The lowest BCUT2D eigenvalue weighted by molar-refractivity contribution is 0.825. The molecule has 0 saturated heterocycles. The summed E-state index contributed by atoms with van der Waals surface area (Å²) in [5, 5.41) is 10.3. The number of aromatic nitrogens is 4. The van der Waals surface area contributed by atoms with Gasteiger partial charge in [-0.05, 0) is 72.3 Å². The van der Waals surface area contributed by atoms with Crippen LogP contribution in [0.5, 0.6) is 0 Å². The van der Waals surface area contributed by atoms with E-state index in [0.717, 1.165) is 45.2 Å². The number of fused-ring (bicyclic) bond motifs is 2. The number of pyridine rings is 1. The van der Waals surface area contributed by atoms with E-state index < -0.39 is 0 Å². The zero-order valence-corrected chi connectivity index (χ0v) is 18.2. The van der Waals surface area contributed by atoms with E-state index in [1.54, 1.807) is 11.8 Å². The molecule has 5 rings (SSSR count). The van der Waals surface area contributed by atoms with Gasteiger partial charge in [0.2, 0.25) is 0 Å². The Morgan fingerprint density at radius 1 is 0.967 bits per heavy atom. The van der Waals surface area contributed by atoms with E-state index in [1.165, 1.54) is 10.5 Å². The summed E-state index contributed by atoms with van der Waals surface area (Å²) >= 11 is 8.33. The van der Waals surface area contributed by atoms with Crippen LogP contribution < -0.4 is 0 Å². The van der Waals surface area contributed by atoms with E-state index in [9.17, 15) is 0 Å². The molecule has 0 unspecified atom stereocenters. The summed E-state index contributed by atoms with van der Waals surface area (Å²) in [6, 6.07) is 22.7. The van der Waals surface area contributed by atoms with E-state index in [1.807, 2.05) is 41.1 Å². The SMILES string of the molecule is CSc1ccc(Cc2c(Cl)nc3ccc(-n4nnc5ccccc54)cc3c2C)cc1. The number of rotatable bonds is 4. The van der Waals surface area contributed by atoms with Crippen molar-refractivity contribution in [3.63, 3.8) is 0 Å². The van der Waals surface area contributed by atoms with Crippen molar-refractivity contribution < 1.29 is 0 Å². The molecule has 0 aliphatic carbocycles. The third-order valence-corrected chi connectivity index (χ3v) is 6.50. The molecule has 0 aliphatic rings. The van der Waals surface area contributed by atoms with Crippen LogP contribution in [-0.4, -0.2) is 26.2 Å². The zero-order chi connectivity index (χ0) is 20.7. The minimum absolute atomic E-state index is 0.563. The highest BCUT2D eigenvalue weighted by atomic mass is 35.5. The number of halogens is 1. The highest BCUT2D eigenvalue weighted by Gasteiger charge is 2.14. The molecule has 3 aromatic carbocycles. The molecule has 0 saturated carbocycles. The molecule has 0 bridgehead atoms. The van der Waals surface area contributed by atoms with Crippen molar-refractivity contribution in [2.24, 2.45) is 0 Å². The molecule has 30 heavy (non-hydrogen) atoms. The Morgan fingerprint density at radius 3 is 2.57 bits per heavy atom. The molecule has 0 N–H and O–H groups in total. The van der Waals surface area contributed by atoms with Crippen LogP contribution in [0.1, 0.15) is 16.7 Å². The van der Waals surface area contributed by atoms with Crippen molar-refractivity contribution in [2.45, 2.75) is 18.2 Å². The van der Waals surface area contributed by atoms with Gasteiger partial charge in [-0.15, -0.1) is 16.9 Å². The normalized spacial score (nSPS) is 11.4. The predicted octanol–water partition coefficient (Wildman–Crippen LogP) is 6.24. The summed E-state index contributed by atoms with van der Waals surface area (Å²) in [4.78, 5) is 5.92. The third kappa shape index (κ3) is 3.34. The van der Waals surface area contributed by atoms with Gasteiger partial charge >= 0.3 is 0 Å². The van der Waals surface area contributed by atoms with E-state index in [4.69, 9.17) is 11.6 Å². The second-order valence-electron chi connectivity index (χ2n) is 7.22. The van der Waals surface area contributed by atoms with Crippen LogP contribution in [0.4, 0.5) is 0 Å². The summed E-state index contributed by atoms with van der Waals surface area (Å²) < 4.78 is 1.86. The van der Waals surface area contributed by atoms with E-state index in [0.29, 0.717) is 5.15 Å². The molecule has 0 radical (unpaired) electrons. The van der Waals surface area contributed by atoms with E-state index >= 15 is 0 Å². The summed E-state index contributed by atoms with van der Waals surface area (Å²) in [5.41, 5.74) is 7.11. The van der Waals surface area contributed by atoms with Crippen molar-refractivity contribution in [1.82, 2.24) is 20.0 Å². The summed E-state index contributed by atoms with van der Waals surface area (Å²) in [6.07, 6.45) is 2.83. The van der Waals surface area contributed by atoms with Gasteiger partial charge < -0.3 is 0 Å². The fourth-order valence-electron chi connectivity index (χ4n) is 3.76. The van der Waals surface area contributed by atoms with Crippen LogP contribution in [0.25, 0.3) is 27.6 Å². The van der Waals surface area contributed by atoms with Gasteiger partial charge in [-0.3, -0.25) is 0 Å². The molecular formula is C24H19ClN4S. The molecule has 2 heterocycles. The van der Waals surface area contributed by atoms with Gasteiger partial charge in [-0.25, -0.2) is 9.67 Å². The maximum atomic E-state index is 6.59. The van der Waals surface area contributed by atoms with Crippen LogP contribution >= 0.6 is 23.4 Å². The van der Waals surface area contributed by atoms with Gasteiger partial charge in [0.05, 0.1) is 16.7 Å². The fraction of sp³-hybridized carbons (Fsp3) is 0.125. The minimum Gasteiger partial charge on any atom is -0.236 e. The van der Waals surface area contributed by atoms with Gasteiger partial charge in [-0.2, -0.15) is 0 Å². The van der Waals surface area contributed by atoms with Gasteiger partial charge in [0.25, 0.3) is 0 Å². The molecule has 0 spiro atoms. The summed E-state index contributed by atoms with van der Waals surface area (Å²) in [6.45, 7) is 2.12. The molecule has 0 amide bonds. The number of hydrogen-bond acceptors (Lipinski definition) is 4. The second kappa shape index (κ2) is 7.74. The number of benzene rings is 3. The van der Waals surface area contributed by atoms with Gasteiger partial charge in [0, 0.05) is 16.7 Å². The number of thioether (sulfide) groups is 1. The Bertz CT molecular complexity index is 1380. The molecule has 2 aromatic heterocycles. The Balaban J connectivity index is 1.61. The maximum absolute atomic E-state index is 6.59. The van der Waals surface area contributed by atoms with Crippen LogP contribution in [0, 0.1) is 6.92 Å². The summed E-state index contributed by atoms with van der Waals surface area (Å²) in [7, 11) is 0. The largest absolute Gasteiger partial charge is 0.236 e. The van der Waals surface area contributed by atoms with Crippen molar-refractivity contribution in [3.05, 3.63) is 88.6 Å². The van der Waals surface area contributed by atoms with E-state index in [2.05, 4.69) is 58.8 Å². The number of hydrogen-bond donors (Lipinski definition) is 0. The van der Waals surface area contributed by atoms with Crippen LogP contribution in [0.15, 0.2) is 71.6 Å². The molecular weight excluding hydrogens is 412 g/mol. The molecule has 6 heteroatoms. The zero-order valence-electron chi connectivity index (χ0n) is 16.6. The lowest BCUT2D eigenvalue weighted by atomic mass is 9.98. The molecule has 0 aliphatic heterocycles. The van der Waals surface area contributed by atoms with Crippen LogP contribution in [-0.2, 0) is 6.42 Å². The first-order valence-corrected chi connectivity index (χ1v) is 11.3. The highest BCUT2D eigenvalue weighted by Crippen LogP contribution is 2.30. The topological polar surface area (TPSA) is 43.6 Å². The quantitative estimate of drug-likeness (QED) is 0.250. The third-order valence-electron chi connectivity index (χ3n) is 5.44. The number of nitrogens with zero attached hydrogens (tertiary/aromatic N) is 4. The first kappa shape index (κ1) is 19.1. The molecule has 148 valence electrons. The number of para-hydroxylation sites is 1. The lowest BCUT2D eigenvalue weighted by Crippen LogP contribution is -2.00. The summed E-state index contributed by atoms with van der Waals surface area (Å²) in [5.74, 6) is 0. The first-order chi connectivity index (χ1) is 14.6. The smallest absolute Gasteiger partial charge is 0.133 e. The Morgan fingerprint density at radius 2 is 1.77 bits per heavy atom. The average Bonchev–Trinajstić information content (AvgIpc) is 3.21. The predicted molar refractivity (Wildman–Crippen MR) is 125 cm³/mol. The van der Waals surface area contributed by atoms with Gasteiger partial charge in [0.1, 0.15) is 10.7 Å². The van der Waals surface area contributed by atoms with Crippen LogP contribution in [0.3, 0.4) is 0 Å².